The van der Waals surface area contributed by atoms with Crippen molar-refractivity contribution in [1.29, 1.82) is 0 Å². The van der Waals surface area contributed by atoms with Crippen molar-refractivity contribution in [2.75, 3.05) is 18.1 Å². The molecule has 1 unspecified atom stereocenters. The van der Waals surface area contributed by atoms with Crippen LogP contribution >= 0.6 is 0 Å². The van der Waals surface area contributed by atoms with Gasteiger partial charge in [0.1, 0.15) is 0 Å². The van der Waals surface area contributed by atoms with Crippen LogP contribution < -0.4 is 10.6 Å². The zero-order valence-corrected chi connectivity index (χ0v) is 14.5. The lowest BCUT2D eigenvalue weighted by atomic mass is 10.0. The molecule has 1 aliphatic rings. The highest BCUT2D eigenvalue weighted by Gasteiger charge is 2.28. The number of amides is 2. The lowest BCUT2D eigenvalue weighted by Gasteiger charge is -2.12. The Morgan fingerprint density at radius 1 is 1.04 bits per heavy atom. The normalized spacial score (nSPS) is 18.8. The molecule has 25 heavy (non-hydrogen) atoms. The van der Waals surface area contributed by atoms with Gasteiger partial charge in [-0.1, -0.05) is 42.5 Å². The first-order valence-corrected chi connectivity index (χ1v) is 9.98. The van der Waals surface area contributed by atoms with Gasteiger partial charge in [-0.2, -0.15) is 0 Å². The average molecular weight is 360 g/mol. The molecule has 2 amide bonds. The van der Waals surface area contributed by atoms with Gasteiger partial charge in [-0.25, -0.2) is 8.42 Å². The molecule has 2 aromatic rings. The molecule has 132 valence electrons. The summed E-state index contributed by atoms with van der Waals surface area (Å²) in [5.74, 6) is -0.535. The minimum atomic E-state index is -3.04. The highest BCUT2D eigenvalue weighted by molar-refractivity contribution is 7.91. The Morgan fingerprint density at radius 3 is 2.56 bits per heavy atom. The maximum absolute atomic E-state index is 12.1. The van der Waals surface area contributed by atoms with E-state index in [0.29, 0.717) is 6.42 Å². The predicted octanol–water partition coefficient (Wildman–Crippen LogP) is 0.802. The second-order valence-electron chi connectivity index (χ2n) is 6.26. The Bertz CT molecular complexity index is 903. The fourth-order valence-corrected chi connectivity index (χ4v) is 4.72. The number of fused-ring (bicyclic) bond motifs is 1. The van der Waals surface area contributed by atoms with Crippen molar-refractivity contribution in [2.45, 2.75) is 18.9 Å². The number of sulfone groups is 1. The van der Waals surface area contributed by atoms with Crippen LogP contribution in [0.25, 0.3) is 10.8 Å². The van der Waals surface area contributed by atoms with E-state index >= 15 is 0 Å². The molecule has 1 atom stereocenters. The van der Waals surface area contributed by atoms with E-state index in [1.165, 1.54) is 0 Å². The van der Waals surface area contributed by atoms with Gasteiger partial charge in [-0.3, -0.25) is 9.59 Å². The molecular weight excluding hydrogens is 340 g/mol. The van der Waals surface area contributed by atoms with E-state index < -0.39 is 9.84 Å². The molecule has 2 aromatic carbocycles. The summed E-state index contributed by atoms with van der Waals surface area (Å²) in [5.41, 5.74) is 0.901. The van der Waals surface area contributed by atoms with Crippen LogP contribution in [0.3, 0.4) is 0 Å². The fourth-order valence-electron chi connectivity index (χ4n) is 3.05. The first kappa shape index (κ1) is 17.4. The van der Waals surface area contributed by atoms with E-state index in [4.69, 9.17) is 0 Å². The number of carbonyl (C=O) groups is 2. The summed E-state index contributed by atoms with van der Waals surface area (Å²) < 4.78 is 22.8. The van der Waals surface area contributed by atoms with Gasteiger partial charge in [0.25, 0.3) is 0 Å². The summed E-state index contributed by atoms with van der Waals surface area (Å²) in [6.07, 6.45) is 0.616. The predicted molar refractivity (Wildman–Crippen MR) is 95.9 cm³/mol. The van der Waals surface area contributed by atoms with Gasteiger partial charge < -0.3 is 10.6 Å². The molecule has 1 heterocycles. The molecular formula is C18H20N2O4S. The molecule has 0 saturated carbocycles. The van der Waals surface area contributed by atoms with E-state index in [2.05, 4.69) is 10.6 Å². The minimum absolute atomic E-state index is 0.0251. The van der Waals surface area contributed by atoms with Crippen molar-refractivity contribution in [3.05, 3.63) is 48.0 Å². The van der Waals surface area contributed by atoms with Gasteiger partial charge >= 0.3 is 0 Å². The van der Waals surface area contributed by atoms with Gasteiger partial charge in [-0.15, -0.1) is 0 Å². The fraction of sp³-hybridized carbons (Fsp3) is 0.333. The number of hydrogen-bond donors (Lipinski definition) is 2. The van der Waals surface area contributed by atoms with Crippen LogP contribution in [-0.4, -0.2) is 44.3 Å². The molecule has 1 aliphatic heterocycles. The van der Waals surface area contributed by atoms with E-state index in [-0.39, 0.29) is 42.3 Å². The Morgan fingerprint density at radius 2 is 1.80 bits per heavy atom. The summed E-state index contributed by atoms with van der Waals surface area (Å²) in [6, 6.07) is 13.2. The minimum Gasteiger partial charge on any atom is -0.351 e. The molecule has 0 bridgehead atoms. The van der Waals surface area contributed by atoms with Gasteiger partial charge in [0.2, 0.25) is 11.8 Å². The van der Waals surface area contributed by atoms with Crippen molar-refractivity contribution in [1.82, 2.24) is 10.6 Å². The van der Waals surface area contributed by atoms with Crippen molar-refractivity contribution >= 4 is 32.4 Å². The van der Waals surface area contributed by atoms with Crippen LogP contribution in [0.15, 0.2) is 42.5 Å². The number of nitrogens with one attached hydrogen (secondary N) is 2. The van der Waals surface area contributed by atoms with Crippen molar-refractivity contribution in [3.63, 3.8) is 0 Å². The molecule has 0 spiro atoms. The van der Waals surface area contributed by atoms with Crippen molar-refractivity contribution in [2.24, 2.45) is 0 Å². The van der Waals surface area contributed by atoms with Gasteiger partial charge in [0.05, 0.1) is 24.5 Å². The number of carbonyl (C=O) groups excluding carboxylic acids is 2. The highest BCUT2D eigenvalue weighted by Crippen LogP contribution is 2.18. The highest BCUT2D eigenvalue weighted by atomic mass is 32.2. The van der Waals surface area contributed by atoms with Crippen molar-refractivity contribution in [3.8, 4) is 0 Å². The zero-order chi connectivity index (χ0) is 17.9. The SMILES string of the molecule is O=C(Cc1cccc2ccccc12)NCC(=O)NC1CCS(=O)(=O)C1. The summed E-state index contributed by atoms with van der Waals surface area (Å²) >= 11 is 0. The summed E-state index contributed by atoms with van der Waals surface area (Å²) in [4.78, 5) is 24.0. The van der Waals surface area contributed by atoms with Gasteiger partial charge in [0, 0.05) is 6.04 Å². The number of hydrogen-bond acceptors (Lipinski definition) is 4. The molecule has 0 radical (unpaired) electrons. The van der Waals surface area contributed by atoms with E-state index in [9.17, 15) is 18.0 Å². The molecule has 2 N–H and O–H groups in total. The van der Waals surface area contributed by atoms with Crippen LogP contribution in [0.2, 0.25) is 0 Å². The van der Waals surface area contributed by atoms with Crippen LogP contribution in [0, 0.1) is 0 Å². The average Bonchev–Trinajstić information content (AvgIpc) is 2.92. The summed E-state index contributed by atoms with van der Waals surface area (Å²) in [5, 5.41) is 7.32. The number of rotatable bonds is 5. The molecule has 1 saturated heterocycles. The molecule has 1 fully saturated rings. The lowest BCUT2D eigenvalue weighted by molar-refractivity contribution is -0.126. The third kappa shape index (κ3) is 4.57. The maximum Gasteiger partial charge on any atom is 0.239 e. The maximum atomic E-state index is 12.1. The molecule has 0 aliphatic carbocycles. The third-order valence-corrected chi connectivity index (χ3v) is 6.04. The quantitative estimate of drug-likeness (QED) is 0.825. The molecule has 3 rings (SSSR count). The molecule has 7 heteroatoms. The van der Waals surface area contributed by atoms with Gasteiger partial charge in [-0.05, 0) is 22.8 Å². The lowest BCUT2D eigenvalue weighted by Crippen LogP contribution is -2.42. The summed E-state index contributed by atoms with van der Waals surface area (Å²) in [7, 11) is -3.04. The molecule has 0 aromatic heterocycles. The topological polar surface area (TPSA) is 92.3 Å². The first-order chi connectivity index (χ1) is 11.9. The Labute approximate surface area is 146 Å². The first-order valence-electron chi connectivity index (χ1n) is 8.16. The van der Waals surface area contributed by atoms with E-state index in [1.54, 1.807) is 0 Å². The van der Waals surface area contributed by atoms with E-state index in [0.717, 1.165) is 16.3 Å². The Hall–Kier alpha value is -2.41. The largest absolute Gasteiger partial charge is 0.351 e. The zero-order valence-electron chi connectivity index (χ0n) is 13.7. The van der Waals surface area contributed by atoms with Crippen LogP contribution in [0.5, 0.6) is 0 Å². The molecule has 6 nitrogen and oxygen atoms in total. The second-order valence-corrected chi connectivity index (χ2v) is 8.49. The third-order valence-electron chi connectivity index (χ3n) is 4.27. The Kier molecular flexibility index (Phi) is 5.03. The second kappa shape index (κ2) is 7.23. The number of benzene rings is 2. The Balaban J connectivity index is 1.52. The van der Waals surface area contributed by atoms with Crippen LogP contribution in [-0.2, 0) is 25.8 Å². The summed E-state index contributed by atoms with van der Waals surface area (Å²) in [6.45, 7) is -0.153. The van der Waals surface area contributed by atoms with Crippen LogP contribution in [0.1, 0.15) is 12.0 Å². The van der Waals surface area contributed by atoms with Crippen LogP contribution in [0.4, 0.5) is 0 Å². The smallest absolute Gasteiger partial charge is 0.239 e. The standard InChI is InChI=1S/C18H20N2O4S/c21-17(10-14-6-3-5-13-4-1-2-7-16(13)14)19-11-18(22)20-15-8-9-25(23,24)12-15/h1-7,15H,8-12H2,(H,19,21)(H,20,22). The van der Waals surface area contributed by atoms with Gasteiger partial charge in [0.15, 0.2) is 9.84 Å². The monoisotopic (exact) mass is 360 g/mol. The van der Waals surface area contributed by atoms with Crippen molar-refractivity contribution < 1.29 is 18.0 Å². The van der Waals surface area contributed by atoms with E-state index in [1.807, 2.05) is 42.5 Å².